The molecule has 21 heavy (non-hydrogen) atoms. The van der Waals surface area contributed by atoms with Gasteiger partial charge in [-0.3, -0.25) is 0 Å². The number of benzene rings is 1. The first kappa shape index (κ1) is 13.3. The van der Waals surface area contributed by atoms with Crippen molar-refractivity contribution in [3.63, 3.8) is 0 Å². The molecular weight excluding hydrogens is 264 g/mol. The van der Waals surface area contributed by atoms with Gasteiger partial charge < -0.3 is 4.74 Å². The SMILES string of the molecule is Cc1cc(Oc2ccccc2)nc(-n2nc(C)cc2C)n1. The van der Waals surface area contributed by atoms with Crippen molar-refractivity contribution in [1.29, 1.82) is 0 Å². The Morgan fingerprint density at radius 1 is 0.905 bits per heavy atom. The monoisotopic (exact) mass is 280 g/mol. The molecule has 2 heterocycles. The lowest BCUT2D eigenvalue weighted by Crippen LogP contribution is -2.06. The van der Waals surface area contributed by atoms with Crippen LogP contribution in [0, 0.1) is 20.8 Å². The fourth-order valence-corrected chi connectivity index (χ4v) is 2.11. The van der Waals surface area contributed by atoms with Gasteiger partial charge in [-0.05, 0) is 39.0 Å². The Hall–Kier alpha value is -2.69. The van der Waals surface area contributed by atoms with Gasteiger partial charge in [-0.2, -0.15) is 10.1 Å². The van der Waals surface area contributed by atoms with E-state index in [1.807, 2.05) is 63.2 Å². The van der Waals surface area contributed by atoms with Crippen molar-refractivity contribution in [3.05, 3.63) is 59.5 Å². The van der Waals surface area contributed by atoms with Gasteiger partial charge in [0, 0.05) is 17.5 Å². The molecule has 2 aromatic heterocycles. The van der Waals surface area contributed by atoms with Crippen LogP contribution in [0.15, 0.2) is 42.5 Å². The molecule has 5 nitrogen and oxygen atoms in total. The normalized spacial score (nSPS) is 10.6. The first-order valence-electron chi connectivity index (χ1n) is 6.74. The molecule has 0 atom stereocenters. The lowest BCUT2D eigenvalue weighted by molar-refractivity contribution is 0.458. The summed E-state index contributed by atoms with van der Waals surface area (Å²) in [5.74, 6) is 1.78. The van der Waals surface area contributed by atoms with E-state index in [-0.39, 0.29) is 0 Å². The lowest BCUT2D eigenvalue weighted by atomic mass is 10.3. The van der Waals surface area contributed by atoms with Gasteiger partial charge in [0.15, 0.2) is 0 Å². The minimum absolute atomic E-state index is 0.510. The first-order chi connectivity index (χ1) is 10.1. The van der Waals surface area contributed by atoms with Crippen molar-refractivity contribution in [1.82, 2.24) is 19.7 Å². The quantitative estimate of drug-likeness (QED) is 0.738. The molecule has 0 spiro atoms. The Labute approximate surface area is 123 Å². The van der Waals surface area contributed by atoms with E-state index >= 15 is 0 Å². The highest BCUT2D eigenvalue weighted by molar-refractivity contribution is 5.30. The molecule has 106 valence electrons. The molecular formula is C16H16N4O. The number of hydrogen-bond donors (Lipinski definition) is 0. The zero-order valence-corrected chi connectivity index (χ0v) is 12.2. The first-order valence-corrected chi connectivity index (χ1v) is 6.74. The third-order valence-corrected chi connectivity index (χ3v) is 2.98. The molecule has 0 fully saturated rings. The molecule has 0 aliphatic rings. The van der Waals surface area contributed by atoms with Crippen LogP contribution in [-0.2, 0) is 0 Å². The molecule has 0 amide bonds. The molecule has 0 saturated carbocycles. The highest BCUT2D eigenvalue weighted by Crippen LogP contribution is 2.20. The summed E-state index contributed by atoms with van der Waals surface area (Å²) in [6.45, 7) is 5.83. The van der Waals surface area contributed by atoms with Gasteiger partial charge in [-0.1, -0.05) is 18.2 Å². The van der Waals surface area contributed by atoms with Crippen molar-refractivity contribution in [2.24, 2.45) is 0 Å². The molecule has 0 radical (unpaired) electrons. The van der Waals surface area contributed by atoms with Crippen LogP contribution in [0.4, 0.5) is 0 Å². The minimum Gasteiger partial charge on any atom is -0.439 e. The molecule has 0 saturated heterocycles. The third-order valence-electron chi connectivity index (χ3n) is 2.98. The van der Waals surface area contributed by atoms with E-state index in [1.165, 1.54) is 0 Å². The smallest absolute Gasteiger partial charge is 0.254 e. The lowest BCUT2D eigenvalue weighted by Gasteiger charge is -2.08. The summed E-state index contributed by atoms with van der Waals surface area (Å²) in [4.78, 5) is 8.87. The maximum atomic E-state index is 5.78. The predicted octanol–water partition coefficient (Wildman–Crippen LogP) is 3.38. The van der Waals surface area contributed by atoms with E-state index in [1.54, 1.807) is 4.68 Å². The molecule has 0 bridgehead atoms. The maximum Gasteiger partial charge on any atom is 0.254 e. The molecule has 0 aliphatic heterocycles. The van der Waals surface area contributed by atoms with E-state index < -0.39 is 0 Å². The highest BCUT2D eigenvalue weighted by Gasteiger charge is 2.10. The number of aromatic nitrogens is 4. The average Bonchev–Trinajstić information content (AvgIpc) is 2.78. The Balaban J connectivity index is 1.98. The van der Waals surface area contributed by atoms with Crippen LogP contribution in [0.3, 0.4) is 0 Å². The number of hydrogen-bond acceptors (Lipinski definition) is 4. The number of aryl methyl sites for hydroxylation is 3. The summed E-state index contributed by atoms with van der Waals surface area (Å²) in [6.07, 6.45) is 0. The van der Waals surface area contributed by atoms with Gasteiger partial charge in [0.1, 0.15) is 5.75 Å². The van der Waals surface area contributed by atoms with Gasteiger partial charge in [-0.25, -0.2) is 9.67 Å². The van der Waals surface area contributed by atoms with Crippen LogP contribution in [0.1, 0.15) is 17.1 Å². The fraction of sp³-hybridized carbons (Fsp3) is 0.188. The topological polar surface area (TPSA) is 52.8 Å². The van der Waals surface area contributed by atoms with Crippen LogP contribution >= 0.6 is 0 Å². The molecule has 1 aromatic carbocycles. The van der Waals surface area contributed by atoms with E-state index in [0.717, 1.165) is 22.8 Å². The van der Waals surface area contributed by atoms with E-state index in [9.17, 15) is 0 Å². The molecule has 0 unspecified atom stereocenters. The fourth-order valence-electron chi connectivity index (χ4n) is 2.11. The number of rotatable bonds is 3. The summed E-state index contributed by atoms with van der Waals surface area (Å²) in [6, 6.07) is 13.4. The Morgan fingerprint density at radius 2 is 1.67 bits per heavy atom. The Morgan fingerprint density at radius 3 is 2.33 bits per heavy atom. The summed E-state index contributed by atoms with van der Waals surface area (Å²) >= 11 is 0. The third kappa shape index (κ3) is 2.91. The zero-order chi connectivity index (χ0) is 14.8. The summed E-state index contributed by atoms with van der Waals surface area (Å²) in [7, 11) is 0. The second-order valence-corrected chi connectivity index (χ2v) is 4.90. The molecule has 3 rings (SSSR count). The van der Waals surface area contributed by atoms with Gasteiger partial charge in [0.25, 0.3) is 5.95 Å². The van der Waals surface area contributed by atoms with Crippen molar-refractivity contribution >= 4 is 0 Å². The van der Waals surface area contributed by atoms with E-state index in [2.05, 4.69) is 15.1 Å². The second-order valence-electron chi connectivity index (χ2n) is 4.90. The van der Waals surface area contributed by atoms with Crippen molar-refractivity contribution in [2.45, 2.75) is 20.8 Å². The number of ether oxygens (including phenoxy) is 1. The largest absolute Gasteiger partial charge is 0.439 e. The standard InChI is InChI=1S/C16H16N4O/c1-11-10-15(21-14-7-5-4-6-8-14)18-16(17-11)20-13(3)9-12(2)19-20/h4-10H,1-3H3. The van der Waals surface area contributed by atoms with Crippen molar-refractivity contribution in [2.75, 3.05) is 0 Å². The van der Waals surface area contributed by atoms with Gasteiger partial charge in [0.2, 0.25) is 5.88 Å². The Kier molecular flexibility index (Phi) is 3.39. The summed E-state index contributed by atoms with van der Waals surface area (Å²) < 4.78 is 7.50. The summed E-state index contributed by atoms with van der Waals surface area (Å²) in [5.41, 5.74) is 2.75. The minimum atomic E-state index is 0.510. The van der Waals surface area contributed by atoms with Crippen molar-refractivity contribution in [3.8, 4) is 17.6 Å². The molecule has 5 heteroatoms. The van der Waals surface area contributed by atoms with Crippen LogP contribution in [0.2, 0.25) is 0 Å². The molecule has 0 aliphatic carbocycles. The van der Waals surface area contributed by atoms with E-state index in [0.29, 0.717) is 11.8 Å². The maximum absolute atomic E-state index is 5.78. The number of para-hydroxylation sites is 1. The Bertz CT molecular complexity index is 765. The summed E-state index contributed by atoms with van der Waals surface area (Å²) in [5, 5.41) is 4.41. The van der Waals surface area contributed by atoms with Gasteiger partial charge in [-0.15, -0.1) is 0 Å². The highest BCUT2D eigenvalue weighted by atomic mass is 16.5. The van der Waals surface area contributed by atoms with Crippen LogP contribution < -0.4 is 4.74 Å². The van der Waals surface area contributed by atoms with Gasteiger partial charge in [0.05, 0.1) is 5.69 Å². The van der Waals surface area contributed by atoms with Gasteiger partial charge >= 0.3 is 0 Å². The molecule has 3 aromatic rings. The van der Waals surface area contributed by atoms with Crippen molar-refractivity contribution < 1.29 is 4.74 Å². The van der Waals surface area contributed by atoms with Crippen LogP contribution in [0.5, 0.6) is 11.6 Å². The second kappa shape index (κ2) is 5.36. The van der Waals surface area contributed by atoms with E-state index in [4.69, 9.17) is 4.74 Å². The van der Waals surface area contributed by atoms with Crippen LogP contribution in [0.25, 0.3) is 5.95 Å². The average molecular weight is 280 g/mol. The number of nitrogens with zero attached hydrogens (tertiary/aromatic N) is 4. The molecule has 0 N–H and O–H groups in total. The zero-order valence-electron chi connectivity index (χ0n) is 12.2. The predicted molar refractivity (Wildman–Crippen MR) is 79.9 cm³/mol. The van der Waals surface area contributed by atoms with Crippen LogP contribution in [-0.4, -0.2) is 19.7 Å².